The van der Waals surface area contributed by atoms with Crippen molar-refractivity contribution in [2.45, 2.75) is 44.4 Å². The molecule has 0 spiro atoms. The van der Waals surface area contributed by atoms with Crippen LogP contribution in [0.4, 0.5) is 0 Å². The SMILES string of the molecule is CCc1nc2cc(C)cc(C)c2n1Cc1ccc(S(=O)Cc2cccc(C(=O)O)c2Cl)cc1. The van der Waals surface area contributed by atoms with Gasteiger partial charge >= 0.3 is 5.97 Å². The molecule has 0 aliphatic carbocycles. The Kier molecular flexibility index (Phi) is 6.68. The Bertz CT molecular complexity index is 1380. The van der Waals surface area contributed by atoms with E-state index >= 15 is 0 Å². The molecule has 1 unspecified atom stereocenters. The summed E-state index contributed by atoms with van der Waals surface area (Å²) < 4.78 is 15.2. The minimum Gasteiger partial charge on any atom is -0.478 e. The standard InChI is InChI=1S/C26H25ClN2O3S/c1-4-23-28-22-13-16(2)12-17(3)25(22)29(23)14-18-8-10-20(11-9-18)33(32)15-19-6-5-7-21(24(19)27)26(30)31/h5-13H,4,14-15H2,1-3H3,(H,30,31). The van der Waals surface area contributed by atoms with Crippen molar-refractivity contribution in [1.82, 2.24) is 9.55 Å². The first-order valence-electron chi connectivity index (χ1n) is 10.7. The molecule has 0 aliphatic rings. The maximum absolute atomic E-state index is 12.9. The number of fused-ring (bicyclic) bond motifs is 1. The van der Waals surface area contributed by atoms with E-state index in [0.717, 1.165) is 28.8 Å². The molecule has 1 N–H and O–H groups in total. The van der Waals surface area contributed by atoms with Crippen molar-refractivity contribution in [1.29, 1.82) is 0 Å². The summed E-state index contributed by atoms with van der Waals surface area (Å²) in [5.74, 6) is 0.101. The molecule has 0 radical (unpaired) electrons. The molecule has 0 saturated carbocycles. The summed E-state index contributed by atoms with van der Waals surface area (Å²) in [6, 6.07) is 16.8. The first-order valence-corrected chi connectivity index (χ1v) is 12.4. The molecule has 5 nitrogen and oxygen atoms in total. The van der Waals surface area contributed by atoms with Crippen LogP contribution in [-0.2, 0) is 29.5 Å². The molecule has 3 aromatic carbocycles. The summed E-state index contributed by atoms with van der Waals surface area (Å²) in [4.78, 5) is 16.8. The second-order valence-electron chi connectivity index (χ2n) is 8.13. The van der Waals surface area contributed by atoms with Crippen LogP contribution in [-0.4, -0.2) is 24.8 Å². The van der Waals surface area contributed by atoms with Gasteiger partial charge in [-0.3, -0.25) is 4.21 Å². The zero-order chi connectivity index (χ0) is 23.7. The number of nitrogens with zero attached hydrogens (tertiary/aromatic N) is 2. The molecule has 1 aromatic heterocycles. The van der Waals surface area contributed by atoms with Crippen molar-refractivity contribution in [3.05, 3.63) is 93.3 Å². The highest BCUT2D eigenvalue weighted by Crippen LogP contribution is 2.26. The zero-order valence-corrected chi connectivity index (χ0v) is 20.3. The number of aromatic nitrogens is 2. The van der Waals surface area contributed by atoms with Gasteiger partial charge in [0.25, 0.3) is 0 Å². The number of carbonyl (C=O) groups is 1. The normalized spacial score (nSPS) is 12.2. The number of halogens is 1. The highest BCUT2D eigenvalue weighted by molar-refractivity contribution is 7.84. The van der Waals surface area contributed by atoms with Gasteiger partial charge in [-0.1, -0.05) is 48.9 Å². The second kappa shape index (κ2) is 9.49. The summed E-state index contributed by atoms with van der Waals surface area (Å²) in [5, 5.41) is 9.38. The molecule has 7 heteroatoms. The van der Waals surface area contributed by atoms with Gasteiger partial charge in [0.2, 0.25) is 0 Å². The Morgan fingerprint density at radius 2 is 1.85 bits per heavy atom. The van der Waals surface area contributed by atoms with E-state index in [1.165, 1.54) is 17.2 Å². The van der Waals surface area contributed by atoms with Gasteiger partial charge in [0.05, 0.1) is 38.2 Å². The molecule has 0 saturated heterocycles. The molecule has 0 bridgehead atoms. The number of aryl methyl sites for hydroxylation is 3. The average molecular weight is 481 g/mol. The van der Waals surface area contributed by atoms with Gasteiger partial charge in [-0.05, 0) is 60.4 Å². The number of rotatable bonds is 7. The predicted octanol–water partition coefficient (Wildman–Crippen LogP) is 5.92. The van der Waals surface area contributed by atoms with Crippen LogP contribution in [0.2, 0.25) is 5.02 Å². The van der Waals surface area contributed by atoms with Crippen molar-refractivity contribution < 1.29 is 14.1 Å². The molecular formula is C26H25ClN2O3S. The Morgan fingerprint density at radius 1 is 1.12 bits per heavy atom. The quantitative estimate of drug-likeness (QED) is 0.356. The number of carboxylic acids is 1. The summed E-state index contributed by atoms with van der Waals surface area (Å²) in [6.07, 6.45) is 0.839. The molecule has 0 amide bonds. The largest absolute Gasteiger partial charge is 0.478 e. The number of hydrogen-bond donors (Lipinski definition) is 1. The van der Waals surface area contributed by atoms with E-state index < -0.39 is 16.8 Å². The molecule has 4 rings (SSSR count). The van der Waals surface area contributed by atoms with Gasteiger partial charge in [0.1, 0.15) is 5.82 Å². The number of aromatic carboxylic acids is 1. The van der Waals surface area contributed by atoms with Crippen LogP contribution in [0.1, 0.15) is 45.4 Å². The van der Waals surface area contributed by atoms with Gasteiger partial charge in [-0.15, -0.1) is 0 Å². The Balaban J connectivity index is 1.57. The Morgan fingerprint density at radius 3 is 2.52 bits per heavy atom. The Hall–Kier alpha value is -2.96. The van der Waals surface area contributed by atoms with E-state index in [1.807, 2.05) is 24.3 Å². The van der Waals surface area contributed by atoms with Gasteiger partial charge in [0.15, 0.2) is 0 Å². The zero-order valence-electron chi connectivity index (χ0n) is 18.8. The van der Waals surface area contributed by atoms with Crippen LogP contribution in [0.3, 0.4) is 0 Å². The summed E-state index contributed by atoms with van der Waals surface area (Å²) in [6.45, 7) is 6.99. The van der Waals surface area contributed by atoms with E-state index in [1.54, 1.807) is 12.1 Å². The fourth-order valence-electron chi connectivity index (χ4n) is 4.15. The maximum atomic E-state index is 12.9. The minimum absolute atomic E-state index is 0.0197. The van der Waals surface area contributed by atoms with Gasteiger partial charge in [0, 0.05) is 17.9 Å². The lowest BCUT2D eigenvalue weighted by Gasteiger charge is -2.11. The van der Waals surface area contributed by atoms with E-state index in [0.29, 0.717) is 17.0 Å². The number of imidazole rings is 1. The molecule has 1 heterocycles. The van der Waals surface area contributed by atoms with Gasteiger partial charge in [-0.2, -0.15) is 0 Å². The van der Waals surface area contributed by atoms with Crippen LogP contribution < -0.4 is 0 Å². The van der Waals surface area contributed by atoms with E-state index in [-0.39, 0.29) is 16.3 Å². The van der Waals surface area contributed by atoms with E-state index in [9.17, 15) is 14.1 Å². The molecule has 33 heavy (non-hydrogen) atoms. The van der Waals surface area contributed by atoms with Crippen molar-refractivity contribution in [3.63, 3.8) is 0 Å². The summed E-state index contributed by atoms with van der Waals surface area (Å²) in [7, 11) is -1.34. The van der Waals surface area contributed by atoms with E-state index in [4.69, 9.17) is 16.6 Å². The monoisotopic (exact) mass is 480 g/mol. The lowest BCUT2D eigenvalue weighted by atomic mass is 10.1. The summed E-state index contributed by atoms with van der Waals surface area (Å²) >= 11 is 6.21. The first kappa shape index (κ1) is 23.2. The van der Waals surface area contributed by atoms with Crippen LogP contribution in [0.25, 0.3) is 11.0 Å². The van der Waals surface area contributed by atoms with Gasteiger partial charge in [-0.25, -0.2) is 9.78 Å². The van der Waals surface area contributed by atoms with Crippen LogP contribution in [0.15, 0.2) is 59.5 Å². The minimum atomic E-state index is -1.34. The maximum Gasteiger partial charge on any atom is 0.337 e. The number of carboxylic acid groups (broad SMARTS) is 1. The predicted molar refractivity (Wildman–Crippen MR) is 133 cm³/mol. The van der Waals surface area contributed by atoms with Crippen LogP contribution in [0, 0.1) is 13.8 Å². The molecule has 4 aromatic rings. The van der Waals surface area contributed by atoms with Crippen LogP contribution in [0.5, 0.6) is 0 Å². The lowest BCUT2D eigenvalue weighted by Crippen LogP contribution is -2.06. The number of benzene rings is 3. The third kappa shape index (κ3) is 4.72. The smallest absolute Gasteiger partial charge is 0.337 e. The van der Waals surface area contributed by atoms with E-state index in [2.05, 4.69) is 37.5 Å². The molecule has 0 fully saturated rings. The summed E-state index contributed by atoms with van der Waals surface area (Å²) in [5.41, 5.74) is 6.24. The third-order valence-corrected chi connectivity index (χ3v) is 7.51. The highest BCUT2D eigenvalue weighted by Gasteiger charge is 2.16. The Labute approximate surface area is 200 Å². The van der Waals surface area contributed by atoms with Gasteiger partial charge < -0.3 is 9.67 Å². The lowest BCUT2D eigenvalue weighted by molar-refractivity contribution is 0.0697. The first-order chi connectivity index (χ1) is 15.8. The topological polar surface area (TPSA) is 72.2 Å². The third-order valence-electron chi connectivity index (χ3n) is 5.69. The molecule has 0 aliphatic heterocycles. The molecule has 170 valence electrons. The fourth-order valence-corrected chi connectivity index (χ4v) is 5.64. The average Bonchev–Trinajstić information content (AvgIpc) is 3.12. The van der Waals surface area contributed by atoms with Crippen molar-refractivity contribution >= 4 is 39.4 Å². The fraction of sp³-hybridized carbons (Fsp3) is 0.231. The highest BCUT2D eigenvalue weighted by atomic mass is 35.5. The molecule has 1 atom stereocenters. The van der Waals surface area contributed by atoms with Crippen molar-refractivity contribution in [2.24, 2.45) is 0 Å². The van der Waals surface area contributed by atoms with Crippen molar-refractivity contribution in [2.75, 3.05) is 0 Å². The van der Waals surface area contributed by atoms with Crippen molar-refractivity contribution in [3.8, 4) is 0 Å². The molecular weight excluding hydrogens is 456 g/mol. The van der Waals surface area contributed by atoms with Crippen LogP contribution >= 0.6 is 11.6 Å². The second-order valence-corrected chi connectivity index (χ2v) is 9.96. The number of hydrogen-bond acceptors (Lipinski definition) is 3.